The number of benzene rings is 1. The molecule has 0 amide bonds. The first kappa shape index (κ1) is 16.4. The van der Waals surface area contributed by atoms with Gasteiger partial charge in [-0.1, -0.05) is 42.0 Å². The first-order valence-corrected chi connectivity index (χ1v) is 8.07. The van der Waals surface area contributed by atoms with Gasteiger partial charge >= 0.3 is 6.18 Å². The molecule has 1 aromatic rings. The molecule has 3 nitrogen and oxygen atoms in total. The molecule has 1 unspecified atom stereocenters. The third-order valence-electron chi connectivity index (χ3n) is 3.17. The lowest BCUT2D eigenvalue weighted by Crippen LogP contribution is -2.30. The topological polar surface area (TPSA) is 27.6 Å². The maximum absolute atomic E-state index is 12.7. The fraction of sp³-hybridized carbons (Fsp3) is 0.500. The number of halogens is 4. The zero-order chi connectivity index (χ0) is 15.5. The fourth-order valence-corrected chi connectivity index (χ4v) is 2.73. The van der Waals surface area contributed by atoms with Crippen molar-refractivity contribution in [2.45, 2.75) is 29.9 Å². The Balaban J connectivity index is 2.12. The van der Waals surface area contributed by atoms with Crippen molar-refractivity contribution in [1.29, 1.82) is 0 Å². The van der Waals surface area contributed by atoms with Crippen LogP contribution in [-0.2, 0) is 6.18 Å². The van der Waals surface area contributed by atoms with Gasteiger partial charge in [0.25, 0.3) is 0 Å². The molecule has 0 fully saturated rings. The second kappa shape index (κ2) is 6.85. The average molecular weight is 411 g/mol. The third-order valence-corrected chi connectivity index (χ3v) is 4.15. The van der Waals surface area contributed by atoms with Gasteiger partial charge in [-0.2, -0.15) is 18.3 Å². The van der Waals surface area contributed by atoms with Crippen LogP contribution in [0.15, 0.2) is 29.4 Å². The molecule has 0 saturated carbocycles. The van der Waals surface area contributed by atoms with E-state index in [1.165, 1.54) is 6.07 Å². The number of anilines is 1. The lowest BCUT2D eigenvalue weighted by molar-refractivity contribution is -0.137. The van der Waals surface area contributed by atoms with E-state index >= 15 is 0 Å². The minimum Gasteiger partial charge on any atom is -0.371 e. The number of hydrogen-bond donors (Lipinski definition) is 1. The lowest BCUT2D eigenvalue weighted by atomic mass is 10.2. The Bertz CT molecular complexity index is 516. The van der Waals surface area contributed by atoms with E-state index in [0.29, 0.717) is 12.2 Å². The van der Waals surface area contributed by atoms with Crippen LogP contribution in [0.1, 0.15) is 25.3 Å². The van der Waals surface area contributed by atoms with Gasteiger partial charge < -0.3 is 5.32 Å². The monoisotopic (exact) mass is 411 g/mol. The summed E-state index contributed by atoms with van der Waals surface area (Å²) in [6.07, 6.45) is -2.19. The lowest BCUT2D eigenvalue weighted by Gasteiger charge is -2.15. The van der Waals surface area contributed by atoms with E-state index in [1.807, 2.05) is 0 Å². The van der Waals surface area contributed by atoms with E-state index in [4.69, 9.17) is 0 Å². The van der Waals surface area contributed by atoms with Crippen LogP contribution in [0.5, 0.6) is 0 Å². The predicted molar refractivity (Wildman–Crippen MR) is 86.9 cm³/mol. The Labute approximate surface area is 135 Å². The highest BCUT2D eigenvalue weighted by atomic mass is 127. The zero-order valence-electron chi connectivity index (χ0n) is 11.6. The summed E-state index contributed by atoms with van der Waals surface area (Å²) in [6.45, 7) is 3.52. The van der Waals surface area contributed by atoms with Crippen molar-refractivity contribution >= 4 is 34.1 Å². The third kappa shape index (κ3) is 4.24. The molecule has 0 aliphatic carbocycles. The normalized spacial score (nSPS) is 18.8. The van der Waals surface area contributed by atoms with E-state index < -0.39 is 11.7 Å². The predicted octanol–water partition coefficient (Wildman–Crippen LogP) is 4.03. The summed E-state index contributed by atoms with van der Waals surface area (Å²) in [7, 11) is 0. The summed E-state index contributed by atoms with van der Waals surface area (Å²) < 4.78 is 38.4. The Hall–Kier alpha value is -0.990. The van der Waals surface area contributed by atoms with E-state index in [9.17, 15) is 13.2 Å². The van der Waals surface area contributed by atoms with Crippen LogP contribution in [-0.4, -0.2) is 22.8 Å². The van der Waals surface area contributed by atoms with Gasteiger partial charge in [-0.05, 0) is 24.6 Å². The van der Waals surface area contributed by atoms with Crippen molar-refractivity contribution in [2.75, 3.05) is 18.1 Å². The molecular formula is C14H17F3IN3. The Morgan fingerprint density at radius 2 is 2.19 bits per heavy atom. The van der Waals surface area contributed by atoms with Crippen LogP contribution in [0, 0.1) is 0 Å². The van der Waals surface area contributed by atoms with E-state index in [-0.39, 0.29) is 3.92 Å². The van der Waals surface area contributed by atoms with E-state index in [0.717, 1.165) is 37.4 Å². The minimum atomic E-state index is -4.33. The molecule has 116 valence electrons. The summed E-state index contributed by atoms with van der Waals surface area (Å²) in [4.78, 5) is 0. The molecule has 2 rings (SSSR count). The highest BCUT2D eigenvalue weighted by Gasteiger charge is 2.32. The molecular weight excluding hydrogens is 394 g/mol. The first-order valence-electron chi connectivity index (χ1n) is 6.83. The summed E-state index contributed by atoms with van der Waals surface area (Å²) in [6, 6.07) is 5.28. The van der Waals surface area contributed by atoms with Crippen molar-refractivity contribution in [3.63, 3.8) is 0 Å². The summed E-state index contributed by atoms with van der Waals surface area (Å²) in [5, 5.41) is 9.28. The molecule has 21 heavy (non-hydrogen) atoms. The van der Waals surface area contributed by atoms with Crippen LogP contribution in [0.3, 0.4) is 0 Å². The van der Waals surface area contributed by atoms with Gasteiger partial charge in [0.2, 0.25) is 0 Å². The molecule has 1 aromatic carbocycles. The quantitative estimate of drug-likeness (QED) is 0.460. The molecule has 0 aromatic heterocycles. The molecule has 1 atom stereocenters. The number of nitrogens with one attached hydrogen (secondary N) is 1. The molecule has 1 aliphatic heterocycles. The van der Waals surface area contributed by atoms with Gasteiger partial charge in [-0.15, -0.1) is 0 Å². The van der Waals surface area contributed by atoms with Crippen LogP contribution in [0.2, 0.25) is 0 Å². The summed E-state index contributed by atoms with van der Waals surface area (Å²) >= 11 is 2.26. The molecule has 0 bridgehead atoms. The molecule has 1 heterocycles. The molecule has 1 N–H and O–H groups in total. The number of unbranched alkanes of at least 4 members (excludes halogenated alkanes) is 1. The number of hydrazone groups is 1. The van der Waals surface area contributed by atoms with E-state index in [2.05, 4.69) is 39.9 Å². The Morgan fingerprint density at radius 1 is 1.43 bits per heavy atom. The van der Waals surface area contributed by atoms with Crippen molar-refractivity contribution in [1.82, 2.24) is 5.32 Å². The standard InChI is InChI=1S/C14H17F3IN3/c1-2-3-7-19-13-12(18)9-21(20-13)11-6-4-5-10(8-11)14(15,16)17/h4-6,8,12H,2-3,7,9H2,1H3,(H,19,20). The Morgan fingerprint density at radius 3 is 2.86 bits per heavy atom. The summed E-state index contributed by atoms with van der Waals surface area (Å²) in [5.41, 5.74) is -0.175. The van der Waals surface area contributed by atoms with Gasteiger partial charge in [0.1, 0.15) is 5.84 Å². The SMILES string of the molecule is CCCCNC1=NN(c2cccc(C(F)(F)F)c2)CC1I. The van der Waals surface area contributed by atoms with Gasteiger partial charge in [0.15, 0.2) is 0 Å². The maximum Gasteiger partial charge on any atom is 0.416 e. The first-order chi connectivity index (χ1) is 9.91. The van der Waals surface area contributed by atoms with Crippen molar-refractivity contribution in [3.8, 4) is 0 Å². The number of hydrogen-bond acceptors (Lipinski definition) is 3. The highest BCUT2D eigenvalue weighted by molar-refractivity contribution is 14.1. The van der Waals surface area contributed by atoms with Crippen molar-refractivity contribution in [2.24, 2.45) is 5.10 Å². The van der Waals surface area contributed by atoms with Crippen LogP contribution in [0.25, 0.3) is 0 Å². The molecule has 0 saturated heterocycles. The zero-order valence-corrected chi connectivity index (χ0v) is 13.8. The van der Waals surface area contributed by atoms with Gasteiger partial charge in [-0.25, -0.2) is 0 Å². The maximum atomic E-state index is 12.7. The molecule has 0 radical (unpaired) electrons. The number of rotatable bonds is 4. The molecule has 1 aliphatic rings. The van der Waals surface area contributed by atoms with Crippen molar-refractivity contribution < 1.29 is 13.2 Å². The van der Waals surface area contributed by atoms with Crippen molar-refractivity contribution in [3.05, 3.63) is 29.8 Å². The Kier molecular flexibility index (Phi) is 5.34. The van der Waals surface area contributed by atoms with Crippen LogP contribution < -0.4 is 10.3 Å². The number of alkyl halides is 4. The number of amidine groups is 1. The van der Waals surface area contributed by atoms with Crippen LogP contribution >= 0.6 is 22.6 Å². The fourth-order valence-electron chi connectivity index (χ4n) is 2.02. The largest absolute Gasteiger partial charge is 0.416 e. The van der Waals surface area contributed by atoms with E-state index in [1.54, 1.807) is 11.1 Å². The van der Waals surface area contributed by atoms with Gasteiger partial charge in [-0.3, -0.25) is 5.01 Å². The second-order valence-corrected chi connectivity index (χ2v) is 6.37. The average Bonchev–Trinajstić information content (AvgIpc) is 2.80. The smallest absolute Gasteiger partial charge is 0.371 e. The number of nitrogens with zero attached hydrogens (tertiary/aromatic N) is 2. The molecule has 0 spiro atoms. The molecule has 7 heteroatoms. The van der Waals surface area contributed by atoms with Crippen LogP contribution in [0.4, 0.5) is 18.9 Å². The minimum absolute atomic E-state index is 0.161. The second-order valence-electron chi connectivity index (χ2n) is 4.86. The van der Waals surface area contributed by atoms with Gasteiger partial charge in [0.05, 0.1) is 21.7 Å². The highest BCUT2D eigenvalue weighted by Crippen LogP contribution is 2.32. The van der Waals surface area contributed by atoms with Gasteiger partial charge in [0, 0.05) is 6.54 Å². The summed E-state index contributed by atoms with van der Waals surface area (Å²) in [5.74, 6) is 0.835.